The van der Waals surface area contributed by atoms with E-state index < -0.39 is 12.1 Å². The van der Waals surface area contributed by atoms with Crippen molar-refractivity contribution in [3.05, 3.63) is 53.6 Å². The summed E-state index contributed by atoms with van der Waals surface area (Å²) in [4.78, 5) is 26.8. The molecule has 1 atom stereocenters. The molecular formula is C25H26N2O7. The van der Waals surface area contributed by atoms with Crippen molar-refractivity contribution in [3.63, 3.8) is 0 Å². The van der Waals surface area contributed by atoms with E-state index in [9.17, 15) is 14.9 Å². The van der Waals surface area contributed by atoms with Crippen LogP contribution in [0.15, 0.2) is 48.0 Å². The van der Waals surface area contributed by atoms with Crippen molar-refractivity contribution in [1.82, 2.24) is 4.90 Å². The lowest BCUT2D eigenvalue weighted by Crippen LogP contribution is -2.41. The second kappa shape index (κ2) is 11.7. The van der Waals surface area contributed by atoms with Crippen LogP contribution >= 0.6 is 0 Å². The van der Waals surface area contributed by atoms with E-state index in [1.807, 2.05) is 6.07 Å². The monoisotopic (exact) mass is 466 g/mol. The maximum atomic E-state index is 12.6. The fraction of sp³-hybridized carbons (Fsp3) is 0.320. The largest absolute Gasteiger partial charge is 0.497 e. The number of ether oxygens (including phenoxy) is 5. The number of nitriles is 1. The minimum Gasteiger partial charge on any atom is -0.497 e. The van der Waals surface area contributed by atoms with Gasteiger partial charge in [-0.3, -0.25) is 4.79 Å². The Bertz CT molecular complexity index is 1100. The lowest BCUT2D eigenvalue weighted by molar-refractivity contribution is -0.141. The van der Waals surface area contributed by atoms with E-state index in [0.29, 0.717) is 43.4 Å². The van der Waals surface area contributed by atoms with Crippen LogP contribution in [0.2, 0.25) is 0 Å². The summed E-state index contributed by atoms with van der Waals surface area (Å²) in [7, 11) is 2.97. The van der Waals surface area contributed by atoms with Gasteiger partial charge in [-0.25, -0.2) is 4.79 Å². The first kappa shape index (κ1) is 24.6. The molecule has 0 spiro atoms. The molecule has 34 heavy (non-hydrogen) atoms. The molecule has 1 unspecified atom stereocenters. The predicted molar refractivity (Wildman–Crippen MR) is 123 cm³/mol. The average Bonchev–Trinajstić information content (AvgIpc) is 2.88. The van der Waals surface area contributed by atoms with Crippen LogP contribution in [0.1, 0.15) is 12.5 Å². The molecule has 1 heterocycles. The molecule has 1 fully saturated rings. The molecule has 1 aliphatic heterocycles. The number of esters is 1. The molecule has 0 N–H and O–H groups in total. The number of hydrogen-bond acceptors (Lipinski definition) is 8. The molecule has 0 aliphatic carbocycles. The lowest BCUT2D eigenvalue weighted by Gasteiger charge is -2.26. The van der Waals surface area contributed by atoms with Crippen LogP contribution in [0.25, 0.3) is 6.08 Å². The molecule has 9 heteroatoms. The van der Waals surface area contributed by atoms with Crippen molar-refractivity contribution in [2.45, 2.75) is 13.0 Å². The summed E-state index contributed by atoms with van der Waals surface area (Å²) >= 11 is 0. The van der Waals surface area contributed by atoms with Crippen molar-refractivity contribution in [2.75, 3.05) is 40.5 Å². The molecule has 0 bridgehead atoms. The van der Waals surface area contributed by atoms with E-state index >= 15 is 0 Å². The number of morpholine rings is 1. The van der Waals surface area contributed by atoms with Gasteiger partial charge < -0.3 is 28.6 Å². The van der Waals surface area contributed by atoms with Gasteiger partial charge in [0.25, 0.3) is 5.91 Å². The summed E-state index contributed by atoms with van der Waals surface area (Å²) in [5, 5.41) is 9.48. The highest BCUT2D eigenvalue weighted by molar-refractivity contribution is 6.01. The smallest absolute Gasteiger partial charge is 0.352 e. The quantitative estimate of drug-likeness (QED) is 0.253. The fourth-order valence-corrected chi connectivity index (χ4v) is 3.22. The van der Waals surface area contributed by atoms with Gasteiger partial charge >= 0.3 is 5.97 Å². The van der Waals surface area contributed by atoms with Gasteiger partial charge in [0.15, 0.2) is 17.6 Å². The average molecular weight is 466 g/mol. The number of nitrogens with zero attached hydrogens (tertiary/aromatic N) is 2. The van der Waals surface area contributed by atoms with Gasteiger partial charge in [0.05, 0.1) is 27.4 Å². The van der Waals surface area contributed by atoms with E-state index in [4.69, 9.17) is 23.7 Å². The maximum absolute atomic E-state index is 12.6. The third-order valence-corrected chi connectivity index (χ3v) is 5.04. The maximum Gasteiger partial charge on any atom is 0.352 e. The summed E-state index contributed by atoms with van der Waals surface area (Å²) in [5.74, 6) is 0.543. The highest BCUT2D eigenvalue weighted by atomic mass is 16.6. The van der Waals surface area contributed by atoms with Crippen LogP contribution in [0, 0.1) is 11.3 Å². The van der Waals surface area contributed by atoms with Crippen molar-refractivity contribution >= 4 is 18.0 Å². The minimum absolute atomic E-state index is 0.00555. The third kappa shape index (κ3) is 6.27. The Kier molecular flexibility index (Phi) is 8.48. The lowest BCUT2D eigenvalue weighted by atomic mass is 10.1. The number of methoxy groups -OCH3 is 2. The van der Waals surface area contributed by atoms with E-state index in [2.05, 4.69) is 0 Å². The van der Waals surface area contributed by atoms with Crippen molar-refractivity contribution in [3.8, 4) is 29.1 Å². The van der Waals surface area contributed by atoms with Crippen LogP contribution in [-0.2, 0) is 14.3 Å². The SMILES string of the molecule is COc1cccc(OC(C)C(=O)Oc2ccc(/C=C(\C#N)C(=O)N3CCOCC3)cc2OC)c1. The van der Waals surface area contributed by atoms with Crippen molar-refractivity contribution < 1.29 is 33.3 Å². The van der Waals surface area contributed by atoms with E-state index in [1.165, 1.54) is 19.3 Å². The summed E-state index contributed by atoms with van der Waals surface area (Å²) < 4.78 is 26.9. The molecule has 178 valence electrons. The predicted octanol–water partition coefficient (Wildman–Crippen LogP) is 2.84. The molecule has 2 aromatic rings. The number of carbonyl (C=O) groups is 2. The first-order valence-electron chi connectivity index (χ1n) is 10.6. The molecule has 2 aromatic carbocycles. The highest BCUT2D eigenvalue weighted by Gasteiger charge is 2.22. The molecule has 1 saturated heterocycles. The molecule has 3 rings (SSSR count). The Morgan fingerprint density at radius 1 is 1.06 bits per heavy atom. The number of hydrogen-bond donors (Lipinski definition) is 0. The van der Waals surface area contributed by atoms with Crippen LogP contribution in [0.3, 0.4) is 0 Å². The van der Waals surface area contributed by atoms with Gasteiger partial charge in [0.2, 0.25) is 0 Å². The molecule has 1 amide bonds. The second-order valence-electron chi connectivity index (χ2n) is 7.34. The number of rotatable bonds is 8. The van der Waals surface area contributed by atoms with Gasteiger partial charge in [0, 0.05) is 19.2 Å². The minimum atomic E-state index is -0.896. The first-order chi connectivity index (χ1) is 16.4. The summed E-state index contributed by atoms with van der Waals surface area (Å²) in [6, 6.07) is 13.6. The molecule has 0 saturated carbocycles. The zero-order chi connectivity index (χ0) is 24.5. The van der Waals surface area contributed by atoms with Gasteiger partial charge in [-0.15, -0.1) is 0 Å². The Labute approximate surface area is 198 Å². The third-order valence-electron chi connectivity index (χ3n) is 5.04. The first-order valence-corrected chi connectivity index (χ1v) is 10.6. The van der Waals surface area contributed by atoms with Crippen LogP contribution in [0.4, 0.5) is 0 Å². The Hall–Kier alpha value is -4.03. The van der Waals surface area contributed by atoms with Crippen molar-refractivity contribution in [2.24, 2.45) is 0 Å². The number of amides is 1. The second-order valence-corrected chi connectivity index (χ2v) is 7.34. The zero-order valence-corrected chi connectivity index (χ0v) is 19.3. The molecule has 9 nitrogen and oxygen atoms in total. The van der Waals surface area contributed by atoms with Crippen LogP contribution in [-0.4, -0.2) is 63.4 Å². The molecule has 1 aliphatic rings. The van der Waals surface area contributed by atoms with E-state index in [0.717, 1.165) is 0 Å². The highest BCUT2D eigenvalue weighted by Crippen LogP contribution is 2.30. The number of benzene rings is 2. The molecular weight excluding hydrogens is 440 g/mol. The summed E-state index contributed by atoms with van der Waals surface area (Å²) in [5.41, 5.74) is 0.546. The van der Waals surface area contributed by atoms with Crippen molar-refractivity contribution in [1.29, 1.82) is 5.26 Å². The summed E-state index contributed by atoms with van der Waals surface area (Å²) in [6.07, 6.45) is 0.577. The zero-order valence-electron chi connectivity index (χ0n) is 19.3. The topological polar surface area (TPSA) is 107 Å². The van der Waals surface area contributed by atoms with Gasteiger partial charge in [-0.1, -0.05) is 12.1 Å². The number of carbonyl (C=O) groups excluding carboxylic acids is 2. The van der Waals surface area contributed by atoms with Gasteiger partial charge in [0.1, 0.15) is 23.1 Å². The van der Waals surface area contributed by atoms with Gasteiger partial charge in [-0.05, 0) is 42.8 Å². The Balaban J connectivity index is 1.71. The Morgan fingerprint density at radius 2 is 1.79 bits per heavy atom. The fourth-order valence-electron chi connectivity index (χ4n) is 3.22. The van der Waals surface area contributed by atoms with Crippen LogP contribution in [0.5, 0.6) is 23.0 Å². The van der Waals surface area contributed by atoms with E-state index in [-0.39, 0.29) is 23.0 Å². The normalized spacial score (nSPS) is 14.5. The molecule has 0 radical (unpaired) electrons. The molecule has 0 aromatic heterocycles. The Morgan fingerprint density at radius 3 is 2.47 bits per heavy atom. The van der Waals surface area contributed by atoms with E-state index in [1.54, 1.807) is 55.3 Å². The van der Waals surface area contributed by atoms with Gasteiger partial charge in [-0.2, -0.15) is 5.26 Å². The summed E-state index contributed by atoms with van der Waals surface area (Å²) in [6.45, 7) is 3.33. The standard InChI is InChI=1S/C25H26N2O7/c1-17(33-21-6-4-5-20(15-21)30-2)25(29)34-22-8-7-18(14-23(22)31-3)13-19(16-26)24(28)27-9-11-32-12-10-27/h4-8,13-15,17H,9-12H2,1-3H3/b19-13+. The van der Waals surface area contributed by atoms with Crippen LogP contribution < -0.4 is 18.9 Å².